The van der Waals surface area contributed by atoms with Crippen molar-refractivity contribution in [2.24, 2.45) is 14.1 Å². The Balaban J connectivity index is 3.06. The summed E-state index contributed by atoms with van der Waals surface area (Å²) in [7, 11) is 3.50. The van der Waals surface area contributed by atoms with Gasteiger partial charge in [-0.25, -0.2) is 0 Å². The number of hydrogen-bond donors (Lipinski definition) is 0. The molecule has 0 saturated heterocycles. The van der Waals surface area contributed by atoms with Crippen LogP contribution in [0.15, 0.2) is 23.3 Å². The minimum Gasteiger partial charge on any atom is -0.317 e. The highest BCUT2D eigenvalue weighted by Crippen LogP contribution is 2.05. The standard InChI is InChI=1S/C8H9N3O/c1-10-4-3-6-5-9-11(2)7(6)8(10)12/h3-5H,1-2H3. The van der Waals surface area contributed by atoms with Gasteiger partial charge in [0, 0.05) is 25.7 Å². The second-order valence-electron chi connectivity index (χ2n) is 2.80. The normalized spacial score (nSPS) is 10.8. The molecule has 4 nitrogen and oxygen atoms in total. The Hall–Kier alpha value is -1.58. The summed E-state index contributed by atoms with van der Waals surface area (Å²) in [6.45, 7) is 0. The zero-order valence-corrected chi connectivity index (χ0v) is 6.98. The molecule has 0 atom stereocenters. The average molecular weight is 163 g/mol. The molecule has 2 heterocycles. The lowest BCUT2D eigenvalue weighted by molar-refractivity contribution is 0.778. The van der Waals surface area contributed by atoms with Crippen molar-refractivity contribution in [1.29, 1.82) is 0 Å². The monoisotopic (exact) mass is 163 g/mol. The molecule has 2 aromatic heterocycles. The molecule has 0 unspecified atom stereocenters. The molecule has 0 aliphatic heterocycles. The number of fused-ring (bicyclic) bond motifs is 1. The van der Waals surface area contributed by atoms with Crippen LogP contribution in [0.2, 0.25) is 0 Å². The fourth-order valence-electron chi connectivity index (χ4n) is 1.27. The third-order valence-corrected chi connectivity index (χ3v) is 1.97. The summed E-state index contributed by atoms with van der Waals surface area (Å²) >= 11 is 0. The maximum absolute atomic E-state index is 11.5. The first-order valence-electron chi connectivity index (χ1n) is 3.67. The summed E-state index contributed by atoms with van der Waals surface area (Å²) < 4.78 is 3.14. The zero-order valence-electron chi connectivity index (χ0n) is 6.98. The SMILES string of the molecule is Cn1ccc2cnn(C)c2c1=O. The van der Waals surface area contributed by atoms with E-state index in [-0.39, 0.29) is 5.56 Å². The molecule has 4 heteroatoms. The topological polar surface area (TPSA) is 39.8 Å². The summed E-state index contributed by atoms with van der Waals surface area (Å²) in [4.78, 5) is 11.5. The van der Waals surface area contributed by atoms with Crippen molar-refractivity contribution in [3.05, 3.63) is 28.8 Å². The number of aromatic nitrogens is 3. The van der Waals surface area contributed by atoms with Crippen LogP contribution in [0.25, 0.3) is 10.9 Å². The van der Waals surface area contributed by atoms with Gasteiger partial charge in [-0.15, -0.1) is 0 Å². The van der Waals surface area contributed by atoms with Crippen LogP contribution in [-0.4, -0.2) is 14.3 Å². The van der Waals surface area contributed by atoms with E-state index < -0.39 is 0 Å². The zero-order chi connectivity index (χ0) is 8.72. The molecule has 2 rings (SSSR count). The molecule has 0 aromatic carbocycles. The van der Waals surface area contributed by atoms with E-state index >= 15 is 0 Å². The predicted molar refractivity (Wildman–Crippen MR) is 46.0 cm³/mol. The van der Waals surface area contributed by atoms with Gasteiger partial charge in [0.2, 0.25) is 0 Å². The lowest BCUT2D eigenvalue weighted by Gasteiger charge is -1.96. The smallest absolute Gasteiger partial charge is 0.276 e. The summed E-state index contributed by atoms with van der Waals surface area (Å²) in [5.74, 6) is 0. The van der Waals surface area contributed by atoms with Crippen molar-refractivity contribution < 1.29 is 0 Å². The Bertz CT molecular complexity index is 480. The van der Waals surface area contributed by atoms with E-state index in [4.69, 9.17) is 0 Å². The van der Waals surface area contributed by atoms with Crippen molar-refractivity contribution in [1.82, 2.24) is 14.3 Å². The minimum atomic E-state index is -0.00694. The van der Waals surface area contributed by atoms with Gasteiger partial charge in [-0.3, -0.25) is 9.48 Å². The third kappa shape index (κ3) is 0.777. The Labute approximate surface area is 69.0 Å². The van der Waals surface area contributed by atoms with E-state index in [2.05, 4.69) is 5.10 Å². The van der Waals surface area contributed by atoms with E-state index in [1.807, 2.05) is 6.07 Å². The van der Waals surface area contributed by atoms with Crippen LogP contribution in [0.1, 0.15) is 0 Å². The molecule has 62 valence electrons. The summed E-state index contributed by atoms with van der Waals surface area (Å²) in [5.41, 5.74) is 0.646. The van der Waals surface area contributed by atoms with E-state index in [1.54, 1.807) is 35.7 Å². The van der Waals surface area contributed by atoms with Crippen LogP contribution >= 0.6 is 0 Å². The quantitative estimate of drug-likeness (QED) is 0.559. The van der Waals surface area contributed by atoms with E-state index in [0.29, 0.717) is 5.52 Å². The van der Waals surface area contributed by atoms with E-state index in [0.717, 1.165) is 5.39 Å². The molecule has 12 heavy (non-hydrogen) atoms. The van der Waals surface area contributed by atoms with Gasteiger partial charge < -0.3 is 4.57 Å². The Morgan fingerprint density at radius 1 is 1.42 bits per heavy atom. The maximum atomic E-state index is 11.5. The lowest BCUT2D eigenvalue weighted by Crippen LogP contribution is -2.17. The van der Waals surface area contributed by atoms with Gasteiger partial charge in [-0.1, -0.05) is 0 Å². The van der Waals surface area contributed by atoms with Crippen molar-refractivity contribution >= 4 is 10.9 Å². The molecule has 0 fully saturated rings. The molecule has 2 aromatic rings. The van der Waals surface area contributed by atoms with Gasteiger partial charge >= 0.3 is 0 Å². The van der Waals surface area contributed by atoms with Gasteiger partial charge in [0.1, 0.15) is 5.52 Å². The molecule has 0 N–H and O–H groups in total. The molecule has 0 bridgehead atoms. The fourth-order valence-corrected chi connectivity index (χ4v) is 1.27. The van der Waals surface area contributed by atoms with Crippen LogP contribution in [0.5, 0.6) is 0 Å². The number of rotatable bonds is 0. The van der Waals surface area contributed by atoms with E-state index in [1.165, 1.54) is 0 Å². The number of aryl methyl sites for hydroxylation is 2. The highest BCUT2D eigenvalue weighted by Gasteiger charge is 2.03. The fraction of sp³-hybridized carbons (Fsp3) is 0.250. The van der Waals surface area contributed by atoms with Crippen molar-refractivity contribution in [3.63, 3.8) is 0 Å². The van der Waals surface area contributed by atoms with Crippen LogP contribution in [0.4, 0.5) is 0 Å². The molecule has 0 aliphatic rings. The second-order valence-corrected chi connectivity index (χ2v) is 2.80. The largest absolute Gasteiger partial charge is 0.317 e. The molecule has 0 amide bonds. The molecule has 0 radical (unpaired) electrons. The van der Waals surface area contributed by atoms with Gasteiger partial charge in [0.05, 0.1) is 6.20 Å². The molecule has 0 spiro atoms. The van der Waals surface area contributed by atoms with Gasteiger partial charge in [0.15, 0.2) is 0 Å². The summed E-state index contributed by atoms with van der Waals surface area (Å²) in [5, 5.41) is 4.89. The van der Waals surface area contributed by atoms with Crippen LogP contribution in [0.3, 0.4) is 0 Å². The molecule has 0 saturated carbocycles. The first-order valence-corrected chi connectivity index (χ1v) is 3.67. The second kappa shape index (κ2) is 2.20. The van der Waals surface area contributed by atoms with E-state index in [9.17, 15) is 4.79 Å². The highest BCUT2D eigenvalue weighted by molar-refractivity contribution is 5.77. The van der Waals surface area contributed by atoms with Crippen molar-refractivity contribution in [3.8, 4) is 0 Å². The first-order chi connectivity index (χ1) is 5.70. The number of pyridine rings is 1. The Morgan fingerprint density at radius 2 is 2.17 bits per heavy atom. The maximum Gasteiger partial charge on any atom is 0.276 e. The lowest BCUT2D eigenvalue weighted by atomic mass is 10.3. The third-order valence-electron chi connectivity index (χ3n) is 1.97. The number of hydrogen-bond acceptors (Lipinski definition) is 2. The molecular formula is C8H9N3O. The molecular weight excluding hydrogens is 154 g/mol. The Kier molecular flexibility index (Phi) is 1.30. The van der Waals surface area contributed by atoms with Crippen LogP contribution < -0.4 is 5.56 Å². The average Bonchev–Trinajstić information content (AvgIpc) is 2.41. The first kappa shape index (κ1) is 7.09. The minimum absolute atomic E-state index is 0.00694. The Morgan fingerprint density at radius 3 is 2.92 bits per heavy atom. The predicted octanol–water partition coefficient (Wildman–Crippen LogP) is 0.272. The summed E-state index contributed by atoms with van der Waals surface area (Å²) in [6.07, 6.45) is 3.43. The molecule has 0 aliphatic carbocycles. The van der Waals surface area contributed by atoms with Crippen LogP contribution in [-0.2, 0) is 14.1 Å². The van der Waals surface area contributed by atoms with Gasteiger partial charge in [-0.05, 0) is 6.07 Å². The van der Waals surface area contributed by atoms with Gasteiger partial charge in [0.25, 0.3) is 5.56 Å². The van der Waals surface area contributed by atoms with Crippen LogP contribution in [0, 0.1) is 0 Å². The highest BCUT2D eigenvalue weighted by atomic mass is 16.1. The van der Waals surface area contributed by atoms with Gasteiger partial charge in [-0.2, -0.15) is 5.10 Å². The number of nitrogens with zero attached hydrogens (tertiary/aromatic N) is 3. The summed E-state index contributed by atoms with van der Waals surface area (Å²) in [6, 6.07) is 1.88. The van der Waals surface area contributed by atoms with Crippen molar-refractivity contribution in [2.45, 2.75) is 0 Å². The van der Waals surface area contributed by atoms with Crippen molar-refractivity contribution in [2.75, 3.05) is 0 Å².